The molecule has 0 radical (unpaired) electrons. The van der Waals surface area contributed by atoms with Gasteiger partial charge in [0, 0.05) is 56.3 Å². The Kier molecular flexibility index (Phi) is 11.3. The minimum atomic E-state index is -0.268. The standard InChI is InChI=1S/C66H48F2N4/c1-45-61-43-49(23-41-63(61)71(65(45)47-15-7-3-8-16-47)59-37-33-57(34-38-59)69(53-19-11-5-12-20-53)55-29-25-51(67)26-30-55)50-24-42-64-62(44-50)46(2)66(48-17-9-4-10-18-48)72(64)60-39-35-58(36-40-60)70(54-21-13-6-14-22-54)56-31-27-52(68)28-32-56/h3-44H,1-2H3. The summed E-state index contributed by atoms with van der Waals surface area (Å²) in [5.41, 5.74) is 19.2. The smallest absolute Gasteiger partial charge is 0.123 e. The Morgan fingerprint density at radius 2 is 0.583 bits per heavy atom. The highest BCUT2D eigenvalue weighted by molar-refractivity contribution is 5.99. The van der Waals surface area contributed by atoms with E-state index >= 15 is 0 Å². The molecule has 12 rings (SSSR count). The second-order valence-corrected chi connectivity index (χ2v) is 18.1. The molecule has 0 aliphatic rings. The Morgan fingerprint density at radius 3 is 0.917 bits per heavy atom. The highest BCUT2D eigenvalue weighted by Crippen LogP contribution is 2.43. The van der Waals surface area contributed by atoms with Gasteiger partial charge in [-0.2, -0.15) is 0 Å². The fraction of sp³-hybridized carbons (Fsp3) is 0.0303. The first-order valence-corrected chi connectivity index (χ1v) is 24.2. The Morgan fingerprint density at radius 1 is 0.292 bits per heavy atom. The summed E-state index contributed by atoms with van der Waals surface area (Å²) < 4.78 is 33.0. The molecule has 2 heterocycles. The molecule has 0 amide bonds. The zero-order chi connectivity index (χ0) is 48.7. The van der Waals surface area contributed by atoms with Gasteiger partial charge in [-0.15, -0.1) is 0 Å². The van der Waals surface area contributed by atoms with Crippen LogP contribution in [0.5, 0.6) is 0 Å². The second kappa shape index (κ2) is 18.6. The number of anilines is 6. The maximum Gasteiger partial charge on any atom is 0.123 e. The summed E-state index contributed by atoms with van der Waals surface area (Å²) in [5.74, 6) is -0.535. The maximum absolute atomic E-state index is 14.1. The number of para-hydroxylation sites is 2. The molecule has 346 valence electrons. The number of benzene rings is 10. The third-order valence-corrected chi connectivity index (χ3v) is 13.8. The van der Waals surface area contributed by atoms with Crippen LogP contribution in [-0.2, 0) is 0 Å². The second-order valence-electron chi connectivity index (χ2n) is 18.1. The Balaban J connectivity index is 0.952. The Bertz CT molecular complexity index is 3590. The molecule has 4 nitrogen and oxygen atoms in total. The number of aryl methyl sites for hydroxylation is 2. The van der Waals surface area contributed by atoms with E-state index in [1.807, 2.05) is 60.7 Å². The molecule has 0 saturated heterocycles. The van der Waals surface area contributed by atoms with Crippen molar-refractivity contribution in [3.63, 3.8) is 0 Å². The largest absolute Gasteiger partial charge is 0.311 e. The molecule has 0 bridgehead atoms. The van der Waals surface area contributed by atoms with Gasteiger partial charge < -0.3 is 18.9 Å². The summed E-state index contributed by atoms with van der Waals surface area (Å²) in [5, 5.41) is 2.36. The van der Waals surface area contributed by atoms with Crippen molar-refractivity contribution in [1.82, 2.24) is 9.13 Å². The molecule has 10 aromatic carbocycles. The topological polar surface area (TPSA) is 16.3 Å². The molecule has 0 aliphatic carbocycles. The van der Waals surface area contributed by atoms with Crippen molar-refractivity contribution in [1.29, 1.82) is 0 Å². The summed E-state index contributed by atoms with van der Waals surface area (Å²) in [6.45, 7) is 4.46. The number of halogens is 2. The third-order valence-electron chi connectivity index (χ3n) is 13.8. The van der Waals surface area contributed by atoms with Crippen LogP contribution < -0.4 is 9.80 Å². The van der Waals surface area contributed by atoms with Gasteiger partial charge in [0.05, 0.1) is 22.4 Å². The molecule has 2 aromatic heterocycles. The first kappa shape index (κ1) is 44.0. The first-order chi connectivity index (χ1) is 35.4. The van der Waals surface area contributed by atoms with E-state index in [0.29, 0.717) is 0 Å². The summed E-state index contributed by atoms with van der Waals surface area (Å²) >= 11 is 0. The summed E-state index contributed by atoms with van der Waals surface area (Å²) in [4.78, 5) is 4.30. The van der Waals surface area contributed by atoms with Crippen LogP contribution in [0.25, 0.3) is 66.8 Å². The quantitative estimate of drug-likeness (QED) is 0.128. The van der Waals surface area contributed by atoms with Gasteiger partial charge >= 0.3 is 0 Å². The molecule has 0 atom stereocenters. The van der Waals surface area contributed by atoms with Crippen LogP contribution in [0, 0.1) is 25.5 Å². The predicted octanol–water partition coefficient (Wildman–Crippen LogP) is 18.4. The maximum atomic E-state index is 14.1. The van der Waals surface area contributed by atoms with Gasteiger partial charge in [-0.3, -0.25) is 0 Å². The van der Waals surface area contributed by atoms with E-state index in [9.17, 15) is 8.78 Å². The molecule has 12 aromatic rings. The lowest BCUT2D eigenvalue weighted by Gasteiger charge is -2.25. The Hall–Kier alpha value is -9.26. The van der Waals surface area contributed by atoms with Crippen LogP contribution in [0.1, 0.15) is 11.1 Å². The van der Waals surface area contributed by atoms with E-state index in [1.165, 1.54) is 46.2 Å². The Labute approximate surface area is 418 Å². The fourth-order valence-electron chi connectivity index (χ4n) is 10.4. The molecular formula is C66H48F2N4. The molecule has 0 saturated carbocycles. The molecule has 0 N–H and O–H groups in total. The van der Waals surface area contributed by atoms with Crippen molar-refractivity contribution in [2.75, 3.05) is 9.80 Å². The lowest BCUT2D eigenvalue weighted by molar-refractivity contribution is 0.627. The van der Waals surface area contributed by atoms with Gasteiger partial charge in [-0.25, -0.2) is 8.78 Å². The molecule has 0 fully saturated rings. The van der Waals surface area contributed by atoms with Gasteiger partial charge in [0.15, 0.2) is 0 Å². The van der Waals surface area contributed by atoms with E-state index in [-0.39, 0.29) is 11.6 Å². The number of nitrogens with zero attached hydrogens (tertiary/aromatic N) is 4. The van der Waals surface area contributed by atoms with Crippen LogP contribution in [-0.4, -0.2) is 9.13 Å². The van der Waals surface area contributed by atoms with Gasteiger partial charge in [-0.1, -0.05) is 109 Å². The SMILES string of the molecule is Cc1c(-c2ccccc2)n(-c2ccc(N(c3ccccc3)c3ccc(F)cc3)cc2)c2ccc(-c3ccc4c(c3)c(C)c(-c3ccccc3)n4-c3ccc(N(c4ccccc4)c4ccc(F)cc4)cc3)cc12. The number of hydrogen-bond donors (Lipinski definition) is 0. The minimum Gasteiger partial charge on any atom is -0.311 e. The van der Waals surface area contributed by atoms with Crippen LogP contribution in [0.15, 0.2) is 255 Å². The first-order valence-electron chi connectivity index (χ1n) is 24.2. The van der Waals surface area contributed by atoms with Crippen molar-refractivity contribution >= 4 is 55.9 Å². The lowest BCUT2D eigenvalue weighted by atomic mass is 9.99. The van der Waals surface area contributed by atoms with Crippen molar-refractivity contribution in [2.45, 2.75) is 13.8 Å². The minimum absolute atomic E-state index is 0.268. The summed E-state index contributed by atoms with van der Waals surface area (Å²) in [6, 6.07) is 85.9. The van der Waals surface area contributed by atoms with Crippen molar-refractivity contribution in [3.05, 3.63) is 278 Å². The average molecular weight is 935 g/mol. The van der Waals surface area contributed by atoms with Gasteiger partial charge in [0.25, 0.3) is 0 Å². The summed E-state index contributed by atoms with van der Waals surface area (Å²) in [7, 11) is 0. The molecule has 0 unspecified atom stereocenters. The predicted molar refractivity (Wildman–Crippen MR) is 295 cm³/mol. The van der Waals surface area contributed by atoms with Crippen LogP contribution in [0.3, 0.4) is 0 Å². The van der Waals surface area contributed by atoms with Crippen LogP contribution >= 0.6 is 0 Å². The van der Waals surface area contributed by atoms with E-state index in [1.54, 1.807) is 0 Å². The van der Waals surface area contributed by atoms with E-state index in [4.69, 9.17) is 0 Å². The zero-order valence-electron chi connectivity index (χ0n) is 39.8. The number of hydrogen-bond acceptors (Lipinski definition) is 2. The molecule has 0 aliphatic heterocycles. The normalized spacial score (nSPS) is 11.3. The molecule has 6 heteroatoms. The van der Waals surface area contributed by atoms with E-state index in [0.717, 1.165) is 90.2 Å². The molecule has 0 spiro atoms. The van der Waals surface area contributed by atoms with Gasteiger partial charge in [-0.05, 0) is 193 Å². The molecular weight excluding hydrogens is 887 g/mol. The van der Waals surface area contributed by atoms with Crippen LogP contribution in [0.2, 0.25) is 0 Å². The average Bonchev–Trinajstić information content (AvgIpc) is 3.90. The van der Waals surface area contributed by atoms with Gasteiger partial charge in [0.1, 0.15) is 11.6 Å². The number of fused-ring (bicyclic) bond motifs is 2. The zero-order valence-corrected chi connectivity index (χ0v) is 39.8. The number of aromatic nitrogens is 2. The summed E-state index contributed by atoms with van der Waals surface area (Å²) in [6.07, 6.45) is 0. The molecule has 72 heavy (non-hydrogen) atoms. The number of rotatable bonds is 11. The third kappa shape index (κ3) is 7.99. The monoisotopic (exact) mass is 934 g/mol. The van der Waals surface area contributed by atoms with Crippen LogP contribution in [0.4, 0.5) is 42.9 Å². The van der Waals surface area contributed by atoms with E-state index in [2.05, 4.69) is 203 Å². The van der Waals surface area contributed by atoms with Gasteiger partial charge in [0.2, 0.25) is 0 Å². The van der Waals surface area contributed by atoms with Crippen molar-refractivity contribution in [2.24, 2.45) is 0 Å². The highest BCUT2D eigenvalue weighted by Gasteiger charge is 2.22. The van der Waals surface area contributed by atoms with Crippen molar-refractivity contribution in [3.8, 4) is 45.0 Å². The van der Waals surface area contributed by atoms with E-state index < -0.39 is 0 Å². The van der Waals surface area contributed by atoms with Crippen molar-refractivity contribution < 1.29 is 8.78 Å². The fourth-order valence-corrected chi connectivity index (χ4v) is 10.4. The highest BCUT2D eigenvalue weighted by atomic mass is 19.1. The lowest BCUT2D eigenvalue weighted by Crippen LogP contribution is -2.10.